The number of ether oxygens (including phenoxy) is 1. The second-order valence-corrected chi connectivity index (χ2v) is 10.1. The molecule has 2 fully saturated rings. The highest BCUT2D eigenvalue weighted by molar-refractivity contribution is 5.99. The molecule has 1 aliphatic carbocycles. The Labute approximate surface area is 226 Å². The summed E-state index contributed by atoms with van der Waals surface area (Å²) in [7, 11) is 1.53. The molecule has 2 atom stereocenters. The van der Waals surface area contributed by atoms with Crippen molar-refractivity contribution in [1.82, 2.24) is 15.1 Å². The van der Waals surface area contributed by atoms with Crippen LogP contribution in [-0.2, 0) is 20.8 Å². The maximum Gasteiger partial charge on any atom is 0.305 e. The lowest BCUT2D eigenvalue weighted by atomic mass is 9.82. The Morgan fingerprint density at radius 2 is 1.72 bits per heavy atom. The van der Waals surface area contributed by atoms with E-state index in [0.717, 1.165) is 44.2 Å². The van der Waals surface area contributed by atoms with Gasteiger partial charge in [0.15, 0.2) is 6.17 Å². The SMILES string of the molecule is COc1cccc(CC(=O)N2CCN(C(=O)c3ccc(F)cc3)C2C(=O)NC(CC(=O)O)C2CCCCC2)c1. The van der Waals surface area contributed by atoms with Crippen molar-refractivity contribution in [3.05, 3.63) is 65.5 Å². The summed E-state index contributed by atoms with van der Waals surface area (Å²) in [6.45, 7) is 0.228. The molecule has 39 heavy (non-hydrogen) atoms. The first-order chi connectivity index (χ1) is 18.8. The van der Waals surface area contributed by atoms with E-state index in [2.05, 4.69) is 5.32 Å². The lowest BCUT2D eigenvalue weighted by Gasteiger charge is -2.34. The number of rotatable bonds is 9. The van der Waals surface area contributed by atoms with Gasteiger partial charge in [-0.15, -0.1) is 0 Å². The van der Waals surface area contributed by atoms with Crippen LogP contribution in [0.15, 0.2) is 48.5 Å². The molecule has 0 spiro atoms. The van der Waals surface area contributed by atoms with Gasteiger partial charge in [-0.05, 0) is 60.7 Å². The van der Waals surface area contributed by atoms with Crippen LogP contribution in [0, 0.1) is 11.7 Å². The zero-order valence-corrected chi connectivity index (χ0v) is 22.0. The van der Waals surface area contributed by atoms with E-state index in [1.807, 2.05) is 0 Å². The van der Waals surface area contributed by atoms with Crippen LogP contribution in [0.2, 0.25) is 0 Å². The van der Waals surface area contributed by atoms with Crippen molar-refractivity contribution >= 4 is 23.7 Å². The summed E-state index contributed by atoms with van der Waals surface area (Å²) in [5, 5.41) is 12.4. The van der Waals surface area contributed by atoms with E-state index in [1.165, 1.54) is 29.0 Å². The molecule has 0 aromatic heterocycles. The minimum atomic E-state index is -1.26. The lowest BCUT2D eigenvalue weighted by Crippen LogP contribution is -2.57. The number of nitrogens with one attached hydrogen (secondary N) is 1. The molecule has 3 amide bonds. The second kappa shape index (κ2) is 12.7. The van der Waals surface area contributed by atoms with Crippen LogP contribution in [0.25, 0.3) is 0 Å². The van der Waals surface area contributed by atoms with Crippen LogP contribution in [0.1, 0.15) is 54.4 Å². The Balaban J connectivity index is 1.60. The van der Waals surface area contributed by atoms with Gasteiger partial charge in [0.25, 0.3) is 11.8 Å². The Morgan fingerprint density at radius 3 is 2.38 bits per heavy atom. The number of halogens is 1. The van der Waals surface area contributed by atoms with Crippen LogP contribution in [0.3, 0.4) is 0 Å². The largest absolute Gasteiger partial charge is 0.497 e. The number of carboxylic acids is 1. The van der Waals surface area contributed by atoms with Crippen LogP contribution >= 0.6 is 0 Å². The molecule has 2 aromatic rings. The molecule has 2 aromatic carbocycles. The van der Waals surface area contributed by atoms with Crippen molar-refractivity contribution in [3.8, 4) is 5.75 Å². The molecular weight excluding hydrogens is 505 g/mol. The molecule has 4 rings (SSSR count). The summed E-state index contributed by atoms with van der Waals surface area (Å²) in [5.41, 5.74) is 0.874. The second-order valence-electron chi connectivity index (χ2n) is 10.1. The van der Waals surface area contributed by atoms with Crippen molar-refractivity contribution in [1.29, 1.82) is 0 Å². The van der Waals surface area contributed by atoms with Gasteiger partial charge in [0.2, 0.25) is 5.91 Å². The quantitative estimate of drug-likeness (QED) is 0.506. The number of amides is 3. The van der Waals surface area contributed by atoms with Gasteiger partial charge in [-0.3, -0.25) is 19.2 Å². The highest BCUT2D eigenvalue weighted by atomic mass is 19.1. The molecule has 2 aliphatic rings. The van der Waals surface area contributed by atoms with Gasteiger partial charge in [0.05, 0.1) is 20.0 Å². The monoisotopic (exact) mass is 539 g/mol. The summed E-state index contributed by atoms with van der Waals surface area (Å²) in [6, 6.07) is 11.4. The zero-order valence-electron chi connectivity index (χ0n) is 22.0. The number of hydrogen-bond donors (Lipinski definition) is 2. The molecule has 1 saturated heterocycles. The van der Waals surface area contributed by atoms with Crippen molar-refractivity contribution < 1.29 is 33.4 Å². The minimum Gasteiger partial charge on any atom is -0.497 e. The maximum atomic E-state index is 13.8. The van der Waals surface area contributed by atoms with E-state index in [1.54, 1.807) is 24.3 Å². The van der Waals surface area contributed by atoms with Crippen LogP contribution in [0.5, 0.6) is 5.75 Å². The minimum absolute atomic E-state index is 0.00221. The van der Waals surface area contributed by atoms with Crippen molar-refractivity contribution in [2.45, 2.75) is 57.2 Å². The van der Waals surface area contributed by atoms with Gasteiger partial charge >= 0.3 is 5.97 Å². The van der Waals surface area contributed by atoms with Gasteiger partial charge in [0.1, 0.15) is 11.6 Å². The molecule has 208 valence electrons. The van der Waals surface area contributed by atoms with E-state index in [9.17, 15) is 28.7 Å². The van der Waals surface area contributed by atoms with Crippen LogP contribution < -0.4 is 10.1 Å². The third kappa shape index (κ3) is 6.93. The van der Waals surface area contributed by atoms with Gasteiger partial charge in [0, 0.05) is 24.7 Å². The summed E-state index contributed by atoms with van der Waals surface area (Å²) in [5.74, 6) is -2.40. The summed E-state index contributed by atoms with van der Waals surface area (Å²) < 4.78 is 18.7. The number of carbonyl (C=O) groups excluding carboxylic acids is 3. The number of benzene rings is 2. The molecule has 0 radical (unpaired) electrons. The standard InChI is InChI=1S/C29H34FN3O6/c1-39-23-9-5-6-19(16-23)17-25(34)32-14-15-33(29(38)21-10-12-22(30)13-11-21)28(32)27(37)31-24(18-26(35)36)20-7-3-2-4-8-20/h5-6,9-13,16,20,24,28H,2-4,7-8,14-15,17-18H2,1H3,(H,31,37)(H,35,36). The molecule has 1 heterocycles. The fourth-order valence-electron chi connectivity index (χ4n) is 5.52. The van der Waals surface area contributed by atoms with Gasteiger partial charge < -0.3 is 25.0 Å². The van der Waals surface area contributed by atoms with E-state index in [-0.39, 0.29) is 43.3 Å². The highest BCUT2D eigenvalue weighted by Gasteiger charge is 2.44. The third-order valence-electron chi connectivity index (χ3n) is 7.51. The van der Waals surface area contributed by atoms with Crippen molar-refractivity contribution in [2.24, 2.45) is 5.92 Å². The smallest absolute Gasteiger partial charge is 0.305 e. The van der Waals surface area contributed by atoms with Crippen molar-refractivity contribution in [2.75, 3.05) is 20.2 Å². The van der Waals surface area contributed by atoms with Gasteiger partial charge in [-0.2, -0.15) is 0 Å². The molecular formula is C29H34FN3O6. The fraction of sp³-hybridized carbons (Fsp3) is 0.448. The first-order valence-electron chi connectivity index (χ1n) is 13.3. The Bertz CT molecular complexity index is 1200. The molecule has 0 bridgehead atoms. The van der Waals surface area contributed by atoms with Crippen LogP contribution in [0.4, 0.5) is 4.39 Å². The van der Waals surface area contributed by atoms with E-state index >= 15 is 0 Å². The molecule has 10 heteroatoms. The van der Waals surface area contributed by atoms with Crippen LogP contribution in [-0.4, -0.2) is 71.0 Å². The number of hydrogen-bond acceptors (Lipinski definition) is 5. The number of carboxylic acid groups (broad SMARTS) is 1. The number of carbonyl (C=O) groups is 4. The number of aliphatic carboxylic acids is 1. The molecule has 2 N–H and O–H groups in total. The maximum absolute atomic E-state index is 13.8. The summed E-state index contributed by atoms with van der Waals surface area (Å²) >= 11 is 0. The molecule has 1 aliphatic heterocycles. The lowest BCUT2D eigenvalue weighted by molar-refractivity contribution is -0.143. The van der Waals surface area contributed by atoms with E-state index < -0.39 is 35.8 Å². The number of methoxy groups -OCH3 is 1. The molecule has 1 saturated carbocycles. The predicted octanol–water partition coefficient (Wildman–Crippen LogP) is 3.23. The Kier molecular flexibility index (Phi) is 9.16. The summed E-state index contributed by atoms with van der Waals surface area (Å²) in [6.07, 6.45) is 3.08. The first kappa shape index (κ1) is 28.1. The average molecular weight is 540 g/mol. The normalized spacial score (nSPS) is 18.5. The van der Waals surface area contributed by atoms with E-state index in [0.29, 0.717) is 11.3 Å². The predicted molar refractivity (Wildman–Crippen MR) is 140 cm³/mol. The fourth-order valence-corrected chi connectivity index (χ4v) is 5.52. The topological polar surface area (TPSA) is 116 Å². The summed E-state index contributed by atoms with van der Waals surface area (Å²) in [4.78, 5) is 55.0. The van der Waals surface area contributed by atoms with Crippen molar-refractivity contribution in [3.63, 3.8) is 0 Å². The average Bonchev–Trinajstić information content (AvgIpc) is 3.39. The molecule has 2 unspecified atom stereocenters. The van der Waals surface area contributed by atoms with E-state index in [4.69, 9.17) is 4.74 Å². The Hall–Kier alpha value is -3.95. The van der Waals surface area contributed by atoms with Gasteiger partial charge in [-0.1, -0.05) is 31.4 Å². The third-order valence-corrected chi connectivity index (χ3v) is 7.51. The Morgan fingerprint density at radius 1 is 1.03 bits per heavy atom. The molecule has 9 nitrogen and oxygen atoms in total. The zero-order chi connectivity index (χ0) is 27.9. The number of nitrogens with zero attached hydrogens (tertiary/aromatic N) is 2. The first-order valence-corrected chi connectivity index (χ1v) is 13.3. The highest BCUT2D eigenvalue weighted by Crippen LogP contribution is 2.29. The van der Waals surface area contributed by atoms with Gasteiger partial charge in [-0.25, -0.2) is 4.39 Å².